The van der Waals surface area contributed by atoms with E-state index in [1.807, 2.05) is 12.1 Å². The number of hydrogen-bond donors (Lipinski definition) is 0. The Morgan fingerprint density at radius 2 is 1.15 bits per heavy atom. The molecule has 1 rings (SSSR count). The average molecular weight is 601 g/mol. The van der Waals surface area contributed by atoms with Gasteiger partial charge in [0.25, 0.3) is 0 Å². The number of quaternary nitrogens is 1. The molecule has 0 aliphatic heterocycles. The highest BCUT2D eigenvalue weighted by Crippen LogP contribution is 2.27. The topological polar surface area (TPSA) is 0 Å². The molecule has 1 atom stereocenters. The van der Waals surface area contributed by atoms with Crippen LogP contribution in [0.5, 0.6) is 0 Å². The zero-order chi connectivity index (χ0) is 24.9. The normalized spacial score (nSPS) is 12.6. The summed E-state index contributed by atoms with van der Waals surface area (Å²) in [7, 11) is 0. The summed E-state index contributed by atoms with van der Waals surface area (Å²) >= 11 is 8.83. The monoisotopic (exact) mass is 600 g/mol. The van der Waals surface area contributed by atoms with Crippen LogP contribution in [0.1, 0.15) is 122 Å². The highest BCUT2D eigenvalue weighted by molar-refractivity contribution is 14.1. The minimum absolute atomic E-state index is 0.504. The van der Waals surface area contributed by atoms with Crippen LogP contribution in [0.3, 0.4) is 0 Å². The van der Waals surface area contributed by atoms with Crippen molar-refractivity contribution in [2.45, 2.75) is 127 Å². The molecule has 1 aromatic carbocycles. The van der Waals surface area contributed by atoms with Crippen LogP contribution in [0.4, 0.5) is 0 Å². The lowest BCUT2D eigenvalue weighted by molar-refractivity contribution is -0.927. The molecule has 0 aliphatic rings. The molecule has 1 aromatic rings. The molecule has 194 valence electrons. The Hall–Kier alpha value is -0.240. The lowest BCUT2D eigenvalue weighted by atomic mass is 10.0. The van der Waals surface area contributed by atoms with Gasteiger partial charge in [-0.1, -0.05) is 115 Å². The van der Waals surface area contributed by atoms with Gasteiger partial charge in [-0.05, 0) is 71.9 Å². The summed E-state index contributed by atoms with van der Waals surface area (Å²) in [4.78, 5) is 0. The molecule has 0 spiro atoms. The average Bonchev–Trinajstić information content (AvgIpc) is 2.83. The van der Waals surface area contributed by atoms with E-state index < -0.39 is 0 Å². The van der Waals surface area contributed by atoms with Crippen LogP contribution in [0, 0.1) is 12.3 Å². The number of rotatable bonds is 22. The summed E-state index contributed by atoms with van der Waals surface area (Å²) in [6.45, 7) is 7.88. The highest BCUT2D eigenvalue weighted by atomic mass is 127. The fraction of sp³-hybridized carbons (Fsp3) is 0.742. The van der Waals surface area contributed by atoms with Crippen LogP contribution in [-0.4, -0.2) is 28.2 Å². The fourth-order valence-corrected chi connectivity index (χ4v) is 6.35. The maximum absolute atomic E-state index is 6.13. The molecule has 1 unspecified atom stereocenters. The molecule has 3 heteroatoms. The van der Waals surface area contributed by atoms with Gasteiger partial charge < -0.3 is 4.48 Å². The quantitative estimate of drug-likeness (QED) is 0.0310. The van der Waals surface area contributed by atoms with Gasteiger partial charge in [-0.15, -0.1) is 6.42 Å². The van der Waals surface area contributed by atoms with Gasteiger partial charge in [-0.2, -0.15) is 0 Å². The molecule has 0 heterocycles. The maximum atomic E-state index is 6.13. The van der Waals surface area contributed by atoms with Crippen molar-refractivity contribution in [1.82, 2.24) is 0 Å². The third-order valence-corrected chi connectivity index (χ3v) is 9.11. The van der Waals surface area contributed by atoms with Crippen molar-refractivity contribution in [3.8, 4) is 12.3 Å². The van der Waals surface area contributed by atoms with Gasteiger partial charge in [0.15, 0.2) is 0 Å². The minimum atomic E-state index is 0.504. The van der Waals surface area contributed by atoms with E-state index in [4.69, 9.17) is 18.0 Å². The van der Waals surface area contributed by atoms with E-state index in [-0.39, 0.29) is 0 Å². The fourth-order valence-electron chi connectivity index (χ4n) is 4.96. The largest absolute Gasteiger partial charge is 0.303 e. The molecule has 34 heavy (non-hydrogen) atoms. The molecule has 0 amide bonds. The number of terminal acetylenes is 1. The van der Waals surface area contributed by atoms with E-state index in [9.17, 15) is 0 Å². The predicted octanol–water partition coefficient (Wildman–Crippen LogP) is 10.4. The summed E-state index contributed by atoms with van der Waals surface area (Å²) in [6.07, 6.45) is 28.9. The van der Waals surface area contributed by atoms with Gasteiger partial charge >= 0.3 is 0 Å². The van der Waals surface area contributed by atoms with Crippen molar-refractivity contribution in [1.29, 1.82) is 0 Å². The zero-order valence-electron chi connectivity index (χ0n) is 22.3. The second-order valence-electron chi connectivity index (χ2n) is 10.2. The SMILES string of the molecule is C#CC[N+](CCCCCCCCCC)(CCCCCCCCCC)C(I)Cc1ccc(Cl)cc1. The van der Waals surface area contributed by atoms with E-state index in [1.54, 1.807) is 0 Å². The Bertz CT molecular complexity index is 616. The molecule has 0 fully saturated rings. The summed E-state index contributed by atoms with van der Waals surface area (Å²) in [5.41, 5.74) is 1.37. The summed E-state index contributed by atoms with van der Waals surface area (Å²) < 4.78 is 1.58. The number of unbranched alkanes of at least 4 members (excludes halogenated alkanes) is 14. The van der Waals surface area contributed by atoms with Crippen molar-refractivity contribution in [3.05, 3.63) is 34.9 Å². The molecule has 0 aliphatic carbocycles. The van der Waals surface area contributed by atoms with Crippen LogP contribution in [0.15, 0.2) is 24.3 Å². The van der Waals surface area contributed by atoms with Crippen molar-refractivity contribution in [3.63, 3.8) is 0 Å². The summed E-state index contributed by atoms with van der Waals surface area (Å²) in [5.74, 6) is 3.08. The second-order valence-corrected chi connectivity index (χ2v) is 12.1. The minimum Gasteiger partial charge on any atom is -0.303 e. The van der Waals surface area contributed by atoms with Crippen molar-refractivity contribution < 1.29 is 4.48 Å². The van der Waals surface area contributed by atoms with Crippen LogP contribution in [0.25, 0.3) is 0 Å². The number of nitrogens with zero attached hydrogens (tertiary/aromatic N) is 1. The maximum Gasteiger partial charge on any atom is 0.144 e. The van der Waals surface area contributed by atoms with Gasteiger partial charge in [0.1, 0.15) is 10.6 Å². The molecule has 1 nitrogen and oxygen atoms in total. The van der Waals surface area contributed by atoms with Crippen LogP contribution >= 0.6 is 34.2 Å². The van der Waals surface area contributed by atoms with Crippen molar-refractivity contribution >= 4 is 34.2 Å². The molecular formula is C31H52ClIN+. The smallest absolute Gasteiger partial charge is 0.144 e. The van der Waals surface area contributed by atoms with Crippen molar-refractivity contribution in [2.24, 2.45) is 0 Å². The molecule has 0 saturated heterocycles. The first-order chi connectivity index (χ1) is 16.6. The van der Waals surface area contributed by atoms with Gasteiger partial charge in [0, 0.05) is 11.4 Å². The Balaban J connectivity index is 2.64. The second kappa shape index (κ2) is 20.9. The van der Waals surface area contributed by atoms with E-state index in [0.717, 1.165) is 22.5 Å². The van der Waals surface area contributed by atoms with Gasteiger partial charge in [0.2, 0.25) is 0 Å². The first-order valence-electron chi connectivity index (χ1n) is 14.3. The summed E-state index contributed by atoms with van der Waals surface area (Å²) in [6, 6.07) is 8.41. The lowest BCUT2D eigenvalue weighted by Crippen LogP contribution is -2.55. The van der Waals surface area contributed by atoms with E-state index in [0.29, 0.717) is 4.05 Å². The number of benzene rings is 1. The Morgan fingerprint density at radius 1 is 0.735 bits per heavy atom. The van der Waals surface area contributed by atoms with E-state index >= 15 is 0 Å². The van der Waals surface area contributed by atoms with Gasteiger partial charge in [-0.3, -0.25) is 0 Å². The number of hydrogen-bond acceptors (Lipinski definition) is 0. The van der Waals surface area contributed by atoms with Crippen LogP contribution < -0.4 is 0 Å². The highest BCUT2D eigenvalue weighted by Gasteiger charge is 2.33. The molecule has 0 aromatic heterocycles. The third-order valence-electron chi connectivity index (χ3n) is 7.23. The Labute approximate surface area is 231 Å². The standard InChI is InChI=1S/C31H52ClIN/c1-4-7-9-11-13-15-17-19-26-34(25-6-3,27-20-18-16-14-12-10-8-5-2)31(33)28-29-21-23-30(32)24-22-29/h3,21-24,31H,4-5,7-20,25-28H2,1-2H3/q+1. The first-order valence-corrected chi connectivity index (χ1v) is 15.9. The molecule has 0 bridgehead atoms. The number of alkyl halides is 1. The molecule has 0 N–H and O–H groups in total. The molecule has 0 radical (unpaired) electrons. The lowest BCUT2D eigenvalue weighted by Gasteiger charge is -2.42. The molecular weight excluding hydrogens is 549 g/mol. The molecule has 0 saturated carbocycles. The van der Waals surface area contributed by atoms with Crippen LogP contribution in [0.2, 0.25) is 5.02 Å². The Morgan fingerprint density at radius 3 is 1.56 bits per heavy atom. The first kappa shape index (κ1) is 31.8. The number of halogens is 2. The predicted molar refractivity (Wildman–Crippen MR) is 162 cm³/mol. The van der Waals surface area contributed by atoms with E-state index in [2.05, 4.69) is 54.5 Å². The third kappa shape index (κ3) is 14.4. The van der Waals surface area contributed by atoms with E-state index in [1.165, 1.54) is 121 Å². The van der Waals surface area contributed by atoms with Crippen molar-refractivity contribution in [2.75, 3.05) is 19.6 Å². The van der Waals surface area contributed by atoms with Gasteiger partial charge in [-0.25, -0.2) is 0 Å². The van der Waals surface area contributed by atoms with Crippen LogP contribution in [-0.2, 0) is 6.42 Å². The Kier molecular flexibility index (Phi) is 19.5. The zero-order valence-corrected chi connectivity index (χ0v) is 25.2. The summed E-state index contributed by atoms with van der Waals surface area (Å²) in [5, 5.41) is 0.816. The van der Waals surface area contributed by atoms with Gasteiger partial charge in [0.05, 0.1) is 13.1 Å².